The van der Waals surface area contributed by atoms with Gasteiger partial charge in [-0.15, -0.1) is 12.4 Å². The third kappa shape index (κ3) is 5.80. The van der Waals surface area contributed by atoms with Crippen molar-refractivity contribution in [1.29, 1.82) is 0 Å². The lowest BCUT2D eigenvalue weighted by atomic mass is 10.0. The molecule has 0 aliphatic heterocycles. The summed E-state index contributed by atoms with van der Waals surface area (Å²) in [7, 11) is 0. The lowest BCUT2D eigenvalue weighted by Gasteiger charge is -2.22. The molecule has 0 bridgehead atoms. The van der Waals surface area contributed by atoms with Crippen molar-refractivity contribution in [3.8, 4) is 0 Å². The molecule has 1 aromatic rings. The van der Waals surface area contributed by atoms with E-state index in [1.807, 2.05) is 31.2 Å². The molecule has 0 saturated heterocycles. The van der Waals surface area contributed by atoms with E-state index in [0.29, 0.717) is 12.5 Å². The summed E-state index contributed by atoms with van der Waals surface area (Å²) >= 11 is 0. The van der Waals surface area contributed by atoms with Gasteiger partial charge in [-0.25, -0.2) is 0 Å². The topological polar surface area (TPSA) is 84.2 Å². The first-order valence-corrected chi connectivity index (χ1v) is 8.32. The second-order valence-corrected chi connectivity index (χ2v) is 6.47. The van der Waals surface area contributed by atoms with Gasteiger partial charge in [-0.3, -0.25) is 9.59 Å². The summed E-state index contributed by atoms with van der Waals surface area (Å²) in [6.07, 6.45) is 3.42. The number of carbonyl (C=O) groups excluding carboxylic acids is 2. The number of nitrogens with one attached hydrogen (secondary N) is 2. The Kier molecular flexibility index (Phi) is 8.22. The minimum Gasteiger partial charge on any atom is -0.353 e. The molecule has 6 heteroatoms. The van der Waals surface area contributed by atoms with E-state index in [-0.39, 0.29) is 42.7 Å². The largest absolute Gasteiger partial charge is 0.353 e. The van der Waals surface area contributed by atoms with Gasteiger partial charge in [0.05, 0.1) is 12.5 Å². The highest BCUT2D eigenvalue weighted by Gasteiger charge is 2.28. The number of carbonyl (C=O) groups is 2. The third-order valence-electron chi connectivity index (χ3n) is 4.55. The van der Waals surface area contributed by atoms with E-state index < -0.39 is 0 Å². The Morgan fingerprint density at radius 3 is 2.50 bits per heavy atom. The van der Waals surface area contributed by atoms with E-state index in [4.69, 9.17) is 5.73 Å². The predicted molar refractivity (Wildman–Crippen MR) is 97.9 cm³/mol. The molecule has 1 aromatic carbocycles. The number of hydrogen-bond acceptors (Lipinski definition) is 3. The molecule has 24 heavy (non-hydrogen) atoms. The molecule has 4 N–H and O–H groups in total. The molecule has 0 spiro atoms. The lowest BCUT2D eigenvalue weighted by Crippen LogP contribution is -2.41. The van der Waals surface area contributed by atoms with Gasteiger partial charge >= 0.3 is 0 Å². The van der Waals surface area contributed by atoms with Gasteiger partial charge in [0.2, 0.25) is 11.8 Å². The van der Waals surface area contributed by atoms with Crippen molar-refractivity contribution in [1.82, 2.24) is 10.6 Å². The smallest absolute Gasteiger partial charge is 0.222 e. The van der Waals surface area contributed by atoms with Crippen LogP contribution in [0.25, 0.3) is 0 Å². The van der Waals surface area contributed by atoms with Crippen molar-refractivity contribution < 1.29 is 9.59 Å². The highest BCUT2D eigenvalue weighted by atomic mass is 35.5. The molecular formula is C18H28ClN3O2. The second kappa shape index (κ2) is 9.64. The molecule has 1 aliphatic carbocycles. The Hall–Kier alpha value is -1.59. The van der Waals surface area contributed by atoms with Gasteiger partial charge in [0.1, 0.15) is 0 Å². The van der Waals surface area contributed by atoms with Gasteiger partial charge in [0, 0.05) is 13.0 Å². The predicted octanol–water partition coefficient (Wildman–Crippen LogP) is 2.23. The Morgan fingerprint density at radius 2 is 1.92 bits per heavy atom. The highest BCUT2D eigenvalue weighted by molar-refractivity contribution is 5.85. The fourth-order valence-corrected chi connectivity index (χ4v) is 3.26. The van der Waals surface area contributed by atoms with Crippen LogP contribution in [0.2, 0.25) is 0 Å². The maximum atomic E-state index is 12.4. The summed E-state index contributed by atoms with van der Waals surface area (Å²) in [5, 5.41) is 5.97. The zero-order valence-electron chi connectivity index (χ0n) is 14.4. The van der Waals surface area contributed by atoms with Gasteiger partial charge in [0.25, 0.3) is 0 Å². The maximum absolute atomic E-state index is 12.4. The normalized spacial score (nSPS) is 20.8. The van der Waals surface area contributed by atoms with Gasteiger partial charge in [0.15, 0.2) is 0 Å². The zero-order chi connectivity index (χ0) is 16.8. The van der Waals surface area contributed by atoms with Crippen molar-refractivity contribution >= 4 is 24.2 Å². The zero-order valence-corrected chi connectivity index (χ0v) is 15.2. The van der Waals surface area contributed by atoms with Crippen LogP contribution < -0.4 is 16.4 Å². The van der Waals surface area contributed by atoms with E-state index in [0.717, 1.165) is 30.4 Å². The summed E-state index contributed by atoms with van der Waals surface area (Å²) in [6, 6.07) is 7.77. The molecule has 2 rings (SSSR count). The van der Waals surface area contributed by atoms with E-state index in [1.54, 1.807) is 0 Å². The van der Waals surface area contributed by atoms with Crippen LogP contribution in [0.1, 0.15) is 49.8 Å². The van der Waals surface area contributed by atoms with Crippen molar-refractivity contribution in [2.24, 2.45) is 11.7 Å². The fraction of sp³-hybridized carbons (Fsp3) is 0.556. The third-order valence-corrected chi connectivity index (χ3v) is 4.55. The molecule has 0 heterocycles. The molecule has 1 aliphatic rings. The van der Waals surface area contributed by atoms with E-state index in [2.05, 4.69) is 10.6 Å². The van der Waals surface area contributed by atoms with Crippen LogP contribution in [-0.2, 0) is 9.59 Å². The standard InChI is InChI=1S/C18H27N3O2.ClH/c1-12-6-8-14(9-7-12)17(20-13(2)22)10-18(23)21-16-5-3-4-15(16)11-19;/h6-9,15-17H,3-5,10-11,19H2,1-2H3,(H,20,22)(H,21,23);1H. The number of aryl methyl sites for hydroxylation is 1. The molecule has 3 atom stereocenters. The first-order chi connectivity index (χ1) is 11.0. The molecule has 134 valence electrons. The molecule has 1 saturated carbocycles. The van der Waals surface area contributed by atoms with Gasteiger partial charge in [-0.1, -0.05) is 36.2 Å². The minimum absolute atomic E-state index is 0. The first kappa shape index (κ1) is 20.5. The Balaban J connectivity index is 0.00000288. The van der Waals surface area contributed by atoms with Crippen LogP contribution >= 0.6 is 12.4 Å². The number of amides is 2. The van der Waals surface area contributed by atoms with Crippen LogP contribution in [0.3, 0.4) is 0 Å². The SMILES string of the molecule is CC(=O)NC(CC(=O)NC1CCCC1CN)c1ccc(C)cc1.Cl. The Bertz CT molecular complexity index is 548. The number of benzene rings is 1. The van der Waals surface area contributed by atoms with Crippen molar-refractivity contribution in [3.63, 3.8) is 0 Å². The number of rotatable bonds is 6. The molecule has 1 fully saturated rings. The molecular weight excluding hydrogens is 326 g/mol. The number of nitrogens with two attached hydrogens (primary N) is 1. The summed E-state index contributed by atoms with van der Waals surface area (Å²) in [5.41, 5.74) is 7.86. The number of hydrogen-bond donors (Lipinski definition) is 3. The highest BCUT2D eigenvalue weighted by Crippen LogP contribution is 2.25. The summed E-state index contributed by atoms with van der Waals surface area (Å²) in [5.74, 6) is 0.205. The maximum Gasteiger partial charge on any atom is 0.222 e. The summed E-state index contributed by atoms with van der Waals surface area (Å²) < 4.78 is 0. The fourth-order valence-electron chi connectivity index (χ4n) is 3.26. The van der Waals surface area contributed by atoms with E-state index >= 15 is 0 Å². The molecule has 2 amide bonds. The van der Waals surface area contributed by atoms with Crippen LogP contribution in [0, 0.1) is 12.8 Å². The second-order valence-electron chi connectivity index (χ2n) is 6.47. The van der Waals surface area contributed by atoms with Gasteiger partial charge in [-0.2, -0.15) is 0 Å². The molecule has 0 radical (unpaired) electrons. The molecule has 0 aromatic heterocycles. The molecule has 5 nitrogen and oxygen atoms in total. The first-order valence-electron chi connectivity index (χ1n) is 8.32. The van der Waals surface area contributed by atoms with Crippen molar-refractivity contribution in [2.45, 2.75) is 51.6 Å². The van der Waals surface area contributed by atoms with Crippen LogP contribution in [0.5, 0.6) is 0 Å². The van der Waals surface area contributed by atoms with Crippen LogP contribution in [-0.4, -0.2) is 24.4 Å². The minimum atomic E-state index is -0.300. The van der Waals surface area contributed by atoms with Crippen molar-refractivity contribution in [2.75, 3.05) is 6.54 Å². The van der Waals surface area contributed by atoms with Crippen molar-refractivity contribution in [3.05, 3.63) is 35.4 Å². The quantitative estimate of drug-likeness (QED) is 0.733. The van der Waals surface area contributed by atoms with Crippen LogP contribution in [0.4, 0.5) is 0 Å². The average molecular weight is 354 g/mol. The summed E-state index contributed by atoms with van der Waals surface area (Å²) in [4.78, 5) is 23.8. The Morgan fingerprint density at radius 1 is 1.25 bits per heavy atom. The van der Waals surface area contributed by atoms with E-state index in [9.17, 15) is 9.59 Å². The van der Waals surface area contributed by atoms with Gasteiger partial charge in [-0.05, 0) is 37.8 Å². The van der Waals surface area contributed by atoms with Gasteiger partial charge < -0.3 is 16.4 Å². The lowest BCUT2D eigenvalue weighted by molar-refractivity contribution is -0.123. The molecule has 3 unspecified atom stereocenters. The number of halogens is 1. The summed E-state index contributed by atoms with van der Waals surface area (Å²) in [6.45, 7) is 4.09. The monoisotopic (exact) mass is 353 g/mol. The van der Waals surface area contributed by atoms with E-state index in [1.165, 1.54) is 6.92 Å². The average Bonchev–Trinajstić information content (AvgIpc) is 2.94. The Labute approximate surface area is 150 Å². The van der Waals surface area contributed by atoms with Crippen LogP contribution in [0.15, 0.2) is 24.3 Å².